The molecule has 4 atom stereocenters. The summed E-state index contributed by atoms with van der Waals surface area (Å²) in [5, 5.41) is 51.1. The molecule has 0 aromatic heterocycles. The first-order valence-electron chi connectivity index (χ1n) is 8.96. The van der Waals surface area contributed by atoms with Crippen molar-refractivity contribution in [3.05, 3.63) is 0 Å². The zero-order valence-corrected chi connectivity index (χ0v) is 12.4. The van der Waals surface area contributed by atoms with Crippen LogP contribution in [0.15, 0.2) is 0 Å². The average Bonchev–Trinajstić information content (AvgIpc) is 2.72. The lowest BCUT2D eigenvalue weighted by Crippen LogP contribution is -2.81. The van der Waals surface area contributed by atoms with E-state index in [4.69, 9.17) is 10.6 Å². The summed E-state index contributed by atoms with van der Waals surface area (Å²) in [6, 6.07) is 0. The quantitative estimate of drug-likeness (QED) is 0.205. The van der Waals surface area contributed by atoms with Gasteiger partial charge in [0, 0.05) is 12.4 Å². The Kier molecular flexibility index (Phi) is 4.54. The Balaban J connectivity index is 7.42. The monoisotopic (exact) mass is 352 g/mol. The molecule has 0 bridgehead atoms. The number of aliphatic hydroxyl groups excluding tert-OH is 2. The van der Waals surface area contributed by atoms with Crippen molar-refractivity contribution in [3.63, 3.8) is 0 Å². The summed E-state index contributed by atoms with van der Waals surface area (Å²) in [7, 11) is 0. The van der Waals surface area contributed by atoms with Gasteiger partial charge in [-0.15, -0.1) is 0 Å². The number of rotatable bonds is 9. The molecule has 0 saturated heterocycles. The van der Waals surface area contributed by atoms with E-state index in [1.807, 2.05) is 0 Å². The lowest BCUT2D eigenvalue weighted by molar-refractivity contribution is -0.246. The van der Waals surface area contributed by atoms with Gasteiger partial charge in [0.05, 0.1) is 6.61 Å². The first-order valence-corrected chi connectivity index (χ1v) is 6.13. The zero-order chi connectivity index (χ0) is 22.5. The van der Waals surface area contributed by atoms with Crippen LogP contribution in [0.2, 0.25) is 0 Å². The fourth-order valence-electron chi connectivity index (χ4n) is 2.15. The van der Waals surface area contributed by atoms with Crippen molar-refractivity contribution in [1.82, 2.24) is 0 Å². The van der Waals surface area contributed by atoms with Crippen LogP contribution in [0, 0.1) is 0 Å². The second kappa shape index (κ2) is 6.95. The fourth-order valence-corrected chi connectivity index (χ4v) is 2.15. The SMILES string of the molecule is [2H]CC(=O)C(=O)[C@@](O)(C(=O)C[2H])[C@](O)(C(=O)C[2H])[C@@](O)(C(=O)C[2H])[C@H](O)CO. The number of ketones is 5. The first kappa shape index (κ1) is 15.7. The minimum Gasteiger partial charge on any atom is -0.394 e. The molecule has 0 aliphatic heterocycles. The Bertz CT molecular complexity index is 671. The van der Waals surface area contributed by atoms with Gasteiger partial charge in [0.15, 0.2) is 28.7 Å². The second-order valence-corrected chi connectivity index (χ2v) is 4.91. The van der Waals surface area contributed by atoms with E-state index in [9.17, 15) is 44.4 Å². The summed E-state index contributed by atoms with van der Waals surface area (Å²) >= 11 is 0. The minimum atomic E-state index is -4.43. The Hall–Kier alpha value is -1.85. The molecule has 0 aromatic rings. The molecule has 0 amide bonds. The van der Waals surface area contributed by atoms with E-state index in [2.05, 4.69) is 0 Å². The molecule has 24 heavy (non-hydrogen) atoms. The zero-order valence-electron chi connectivity index (χ0n) is 16.4. The van der Waals surface area contributed by atoms with Crippen LogP contribution < -0.4 is 0 Å². The summed E-state index contributed by atoms with van der Waals surface area (Å²) in [6.07, 6.45) is -2.87. The molecule has 0 radical (unpaired) electrons. The molecule has 0 heterocycles. The molecule has 0 saturated carbocycles. The van der Waals surface area contributed by atoms with Gasteiger partial charge in [-0.25, -0.2) is 0 Å². The third kappa shape index (κ3) is 2.72. The van der Waals surface area contributed by atoms with E-state index in [1.54, 1.807) is 0 Å². The summed E-state index contributed by atoms with van der Waals surface area (Å²) in [5.41, 5.74) is -12.9. The van der Waals surface area contributed by atoms with Crippen molar-refractivity contribution in [2.45, 2.75) is 50.5 Å². The van der Waals surface area contributed by atoms with E-state index < -0.39 is 86.0 Å². The predicted molar refractivity (Wildman–Crippen MR) is 75.7 cm³/mol. The number of carbonyl (C=O) groups is 5. The molecule has 0 rings (SSSR count). The van der Waals surface area contributed by atoms with Crippen LogP contribution in [0.1, 0.15) is 33.1 Å². The molecule has 0 unspecified atom stereocenters. The number of carbonyl (C=O) groups excluding carboxylic acids is 5. The van der Waals surface area contributed by atoms with Crippen molar-refractivity contribution >= 4 is 28.9 Å². The maximum Gasteiger partial charge on any atom is 0.240 e. The Morgan fingerprint density at radius 3 is 1.79 bits per heavy atom. The van der Waals surface area contributed by atoms with Gasteiger partial charge in [-0.2, -0.15) is 0 Å². The molecular formula is C14H20O10. The Morgan fingerprint density at radius 2 is 1.42 bits per heavy atom. The van der Waals surface area contributed by atoms with Crippen LogP contribution in [0.3, 0.4) is 0 Å². The van der Waals surface area contributed by atoms with E-state index in [0.29, 0.717) is 0 Å². The van der Waals surface area contributed by atoms with Crippen molar-refractivity contribution < 1.29 is 55.0 Å². The van der Waals surface area contributed by atoms with E-state index in [0.717, 1.165) is 0 Å². The average molecular weight is 352 g/mol. The van der Waals surface area contributed by atoms with Crippen LogP contribution in [0.4, 0.5) is 0 Å². The summed E-state index contributed by atoms with van der Waals surface area (Å²) in [5.74, 6) is -10.4. The molecule has 10 heteroatoms. The van der Waals surface area contributed by atoms with Gasteiger partial charge in [0.25, 0.3) is 0 Å². The summed E-state index contributed by atoms with van der Waals surface area (Å²) in [6.45, 7) is -7.71. The van der Waals surface area contributed by atoms with Crippen molar-refractivity contribution in [2.75, 3.05) is 6.61 Å². The van der Waals surface area contributed by atoms with Crippen LogP contribution >= 0.6 is 0 Å². The van der Waals surface area contributed by atoms with Crippen molar-refractivity contribution in [2.24, 2.45) is 0 Å². The molecule has 0 aliphatic rings. The van der Waals surface area contributed by atoms with Gasteiger partial charge < -0.3 is 25.5 Å². The smallest absolute Gasteiger partial charge is 0.240 e. The van der Waals surface area contributed by atoms with Crippen LogP contribution in [0.5, 0.6) is 0 Å². The van der Waals surface area contributed by atoms with Gasteiger partial charge in [0.1, 0.15) is 6.10 Å². The molecule has 10 nitrogen and oxygen atoms in total. The number of hydrogen-bond donors (Lipinski definition) is 5. The van der Waals surface area contributed by atoms with Crippen LogP contribution in [-0.2, 0) is 24.0 Å². The highest BCUT2D eigenvalue weighted by Crippen LogP contribution is 2.39. The van der Waals surface area contributed by atoms with Crippen molar-refractivity contribution in [3.8, 4) is 0 Å². The van der Waals surface area contributed by atoms with Gasteiger partial charge in [-0.1, -0.05) is 0 Å². The number of Topliss-reactive ketones (excluding diaryl/α,β-unsaturated/α-hetero) is 5. The summed E-state index contributed by atoms with van der Waals surface area (Å²) in [4.78, 5) is 60.6. The van der Waals surface area contributed by atoms with Gasteiger partial charge in [-0.05, 0) is 20.7 Å². The molecule has 0 spiro atoms. The van der Waals surface area contributed by atoms with Gasteiger partial charge >= 0.3 is 0 Å². The van der Waals surface area contributed by atoms with Gasteiger partial charge in [-0.3, -0.25) is 24.0 Å². The van der Waals surface area contributed by atoms with Crippen molar-refractivity contribution in [1.29, 1.82) is 0 Å². The highest BCUT2D eigenvalue weighted by atomic mass is 16.4. The third-order valence-electron chi connectivity index (χ3n) is 3.54. The van der Waals surface area contributed by atoms with E-state index in [-0.39, 0.29) is 0 Å². The molecule has 0 fully saturated rings. The van der Waals surface area contributed by atoms with Crippen LogP contribution in [-0.4, -0.2) is 84.0 Å². The number of aliphatic hydroxyl groups is 5. The Labute approximate surface area is 142 Å². The van der Waals surface area contributed by atoms with E-state index >= 15 is 0 Å². The fraction of sp³-hybridized carbons (Fsp3) is 0.643. The molecule has 5 N–H and O–H groups in total. The largest absolute Gasteiger partial charge is 0.394 e. The lowest BCUT2D eigenvalue weighted by Gasteiger charge is -2.48. The van der Waals surface area contributed by atoms with E-state index in [1.165, 1.54) is 0 Å². The predicted octanol–water partition coefficient (Wildman–Crippen LogP) is -3.54. The second-order valence-electron chi connectivity index (χ2n) is 4.91. The highest BCUT2D eigenvalue weighted by Gasteiger charge is 2.74. The minimum absolute atomic E-state index is 1.41. The molecule has 0 aliphatic carbocycles. The van der Waals surface area contributed by atoms with Crippen LogP contribution in [0.25, 0.3) is 0 Å². The highest BCUT2D eigenvalue weighted by molar-refractivity contribution is 6.45. The standard InChI is InChI=1S/C14H20O10/c1-6(16)11(21)13(23,8(3)18)14(24,9(4)19)12(22,7(2)17)10(20)5-15/h10,15,20,22-24H,5H2,1-4H3/t10-,12-,13+,14+/m1/s1/i1D,2D,3D,4D. The lowest BCUT2D eigenvalue weighted by atomic mass is 9.61. The number of hydrogen-bond acceptors (Lipinski definition) is 10. The maximum absolute atomic E-state index is 12.3. The Morgan fingerprint density at radius 1 is 0.917 bits per heavy atom. The maximum atomic E-state index is 12.3. The molecule has 136 valence electrons. The normalized spacial score (nSPS) is 22.2. The topological polar surface area (TPSA) is 186 Å². The summed E-state index contributed by atoms with van der Waals surface area (Å²) < 4.78 is 28.0. The van der Waals surface area contributed by atoms with Gasteiger partial charge in [0.2, 0.25) is 17.0 Å². The third-order valence-corrected chi connectivity index (χ3v) is 3.54. The molecule has 0 aromatic carbocycles. The molecular weight excluding hydrogens is 328 g/mol. The first-order chi connectivity index (χ1) is 12.8.